The molecule has 0 aromatic rings. The van der Waals surface area contributed by atoms with E-state index < -0.39 is 0 Å². The molecular formula is C53H112N2. The predicted molar refractivity (Wildman–Crippen MR) is 256 cm³/mol. The summed E-state index contributed by atoms with van der Waals surface area (Å²) in [5.74, 6) is 0. The molecular weight excluding hydrogens is 665 g/mol. The van der Waals surface area contributed by atoms with Gasteiger partial charge in [-0.3, -0.25) is 0 Å². The van der Waals surface area contributed by atoms with Gasteiger partial charge in [0.1, 0.15) is 0 Å². The average Bonchev–Trinajstić information content (AvgIpc) is 3.18. The highest BCUT2D eigenvalue weighted by molar-refractivity contribution is 4.56. The van der Waals surface area contributed by atoms with Crippen molar-refractivity contribution in [1.82, 2.24) is 9.80 Å². The summed E-state index contributed by atoms with van der Waals surface area (Å²) in [6.45, 7) is 10.8. The molecule has 2 heteroatoms. The molecule has 0 bridgehead atoms. The van der Waals surface area contributed by atoms with Crippen molar-refractivity contribution in [3.63, 3.8) is 0 Å². The normalized spacial score (nSPS) is 11.6. The van der Waals surface area contributed by atoms with Crippen molar-refractivity contribution >= 4 is 0 Å². The van der Waals surface area contributed by atoms with E-state index in [9.17, 15) is 0 Å². The van der Waals surface area contributed by atoms with Gasteiger partial charge in [-0.05, 0) is 60.0 Å². The third kappa shape index (κ3) is 58.3. The van der Waals surface area contributed by atoms with Crippen molar-refractivity contribution < 1.29 is 0 Å². The van der Waals surface area contributed by atoms with Gasteiger partial charge in [0.05, 0.1) is 0 Å². The summed E-state index contributed by atoms with van der Waals surface area (Å²) in [7, 11) is 6.68. The zero-order valence-electron chi connectivity index (χ0n) is 40.1. The molecule has 2 nitrogen and oxygen atoms in total. The second-order valence-electron chi connectivity index (χ2n) is 18.6. The molecule has 0 N–H and O–H groups in total. The van der Waals surface area contributed by atoms with Crippen LogP contribution in [-0.2, 0) is 0 Å². The number of hydrogen-bond donors (Lipinski definition) is 0. The van der Waals surface area contributed by atoms with Gasteiger partial charge in [0, 0.05) is 0 Å². The first kappa shape index (κ1) is 57.0. The Morgan fingerprint density at radius 2 is 0.327 bits per heavy atom. The molecule has 0 aliphatic carbocycles. The van der Waals surface area contributed by atoms with Crippen LogP contribution in [-0.4, -0.2) is 50.6 Å². The Bertz CT molecular complexity index is 586. The second-order valence-corrected chi connectivity index (χ2v) is 18.6. The number of hydrogen-bond acceptors (Lipinski definition) is 2. The number of nitrogens with zero attached hydrogens (tertiary/aromatic N) is 2. The topological polar surface area (TPSA) is 6.48 Å². The third-order valence-electron chi connectivity index (χ3n) is 12.2. The number of rotatable bonds is 47. The summed E-state index contributed by atoms with van der Waals surface area (Å²) < 4.78 is 0. The Labute approximate surface area is 352 Å². The molecule has 0 aromatic heterocycles. The predicted octanol–water partition coefficient (Wildman–Crippen LogP) is 18.7. The zero-order chi connectivity index (χ0) is 40.4. The first-order chi connectivity index (χ1) is 27.1. The van der Waals surface area contributed by atoms with Gasteiger partial charge in [0.25, 0.3) is 0 Å². The fourth-order valence-corrected chi connectivity index (χ4v) is 8.24. The fourth-order valence-electron chi connectivity index (χ4n) is 8.24. The van der Waals surface area contributed by atoms with Gasteiger partial charge in [0.15, 0.2) is 0 Å². The van der Waals surface area contributed by atoms with E-state index in [1.165, 1.54) is 302 Å². The molecule has 0 rings (SSSR count). The molecule has 0 radical (unpaired) electrons. The van der Waals surface area contributed by atoms with Gasteiger partial charge in [-0.25, -0.2) is 0 Å². The van der Waals surface area contributed by atoms with Crippen LogP contribution in [0.1, 0.15) is 303 Å². The van der Waals surface area contributed by atoms with E-state index in [1.807, 2.05) is 0 Å². The van der Waals surface area contributed by atoms with Crippen molar-refractivity contribution in [2.75, 3.05) is 40.8 Å². The van der Waals surface area contributed by atoms with Gasteiger partial charge in [-0.1, -0.05) is 284 Å². The first-order valence-electron chi connectivity index (χ1n) is 26.4. The fraction of sp³-hybridized carbons (Fsp3) is 1.00. The van der Waals surface area contributed by atoms with E-state index in [2.05, 4.69) is 51.7 Å². The standard InChI is InChI=1S/C33H69N.C20H43N/c1-4-6-8-10-12-14-16-18-20-22-24-26-28-30-32-34(3)33-31-29-27-25-23-21-19-17-15-13-11-9-7-5-2;1-4-5-6-7-8-9-10-11-12-13-14-15-16-17-18-19-20-21(2)3/h4-33H2,1-3H3;4-20H2,1-3H3. The third-order valence-corrected chi connectivity index (χ3v) is 12.2. The van der Waals surface area contributed by atoms with Crippen LogP contribution < -0.4 is 0 Å². The maximum absolute atomic E-state index is 2.58. The summed E-state index contributed by atoms with van der Waals surface area (Å²) in [6.07, 6.45) is 64.1. The van der Waals surface area contributed by atoms with E-state index in [1.54, 1.807) is 0 Å². The molecule has 0 atom stereocenters. The van der Waals surface area contributed by atoms with Crippen molar-refractivity contribution in [2.45, 2.75) is 303 Å². The summed E-state index contributed by atoms with van der Waals surface area (Å²) in [5, 5.41) is 0. The lowest BCUT2D eigenvalue weighted by Crippen LogP contribution is -2.20. The summed E-state index contributed by atoms with van der Waals surface area (Å²) in [6, 6.07) is 0. The first-order valence-corrected chi connectivity index (χ1v) is 26.4. The minimum absolute atomic E-state index is 1.26. The van der Waals surface area contributed by atoms with Gasteiger partial charge >= 0.3 is 0 Å². The zero-order valence-corrected chi connectivity index (χ0v) is 40.1. The van der Waals surface area contributed by atoms with Crippen LogP contribution in [0.25, 0.3) is 0 Å². The quantitative estimate of drug-likeness (QED) is 0.0568. The molecule has 0 saturated carbocycles. The van der Waals surface area contributed by atoms with Crippen LogP contribution in [0.5, 0.6) is 0 Å². The minimum atomic E-state index is 1.26. The SMILES string of the molecule is CCCCCCCCCCCCCCCCCCN(C)C.CCCCCCCCCCCCCCCCN(C)CCCCCCCCCCCCCCCC. The maximum atomic E-state index is 2.58. The van der Waals surface area contributed by atoms with Gasteiger partial charge in [-0.15, -0.1) is 0 Å². The van der Waals surface area contributed by atoms with E-state index >= 15 is 0 Å². The largest absolute Gasteiger partial charge is 0.309 e. The maximum Gasteiger partial charge on any atom is -0.00218 e. The molecule has 0 spiro atoms. The smallest absolute Gasteiger partial charge is 0.00218 e. The van der Waals surface area contributed by atoms with Crippen molar-refractivity contribution in [3.8, 4) is 0 Å². The highest BCUT2D eigenvalue weighted by Crippen LogP contribution is 2.16. The van der Waals surface area contributed by atoms with Gasteiger partial charge in [-0.2, -0.15) is 0 Å². The highest BCUT2D eigenvalue weighted by atomic mass is 15.1. The van der Waals surface area contributed by atoms with Crippen LogP contribution in [0.2, 0.25) is 0 Å². The lowest BCUT2D eigenvalue weighted by molar-refractivity contribution is 0.314. The van der Waals surface area contributed by atoms with E-state index in [0.29, 0.717) is 0 Å². The molecule has 0 heterocycles. The highest BCUT2D eigenvalue weighted by Gasteiger charge is 2.00. The van der Waals surface area contributed by atoms with Gasteiger partial charge < -0.3 is 9.80 Å². The van der Waals surface area contributed by atoms with Crippen LogP contribution in [0.4, 0.5) is 0 Å². The minimum Gasteiger partial charge on any atom is -0.309 e. The van der Waals surface area contributed by atoms with Crippen LogP contribution >= 0.6 is 0 Å². The molecule has 0 saturated heterocycles. The summed E-state index contributed by atoms with van der Waals surface area (Å²) >= 11 is 0. The van der Waals surface area contributed by atoms with Crippen LogP contribution in [0, 0.1) is 0 Å². The average molecular weight is 777 g/mol. The molecule has 0 fully saturated rings. The molecule has 0 amide bonds. The van der Waals surface area contributed by atoms with Crippen molar-refractivity contribution in [1.29, 1.82) is 0 Å². The Morgan fingerprint density at radius 1 is 0.182 bits per heavy atom. The molecule has 334 valence electrons. The lowest BCUT2D eigenvalue weighted by atomic mass is 10.0. The van der Waals surface area contributed by atoms with E-state index in [0.717, 1.165) is 0 Å². The molecule has 0 aliphatic rings. The molecule has 0 aliphatic heterocycles. The molecule has 55 heavy (non-hydrogen) atoms. The summed E-state index contributed by atoms with van der Waals surface area (Å²) in [4.78, 5) is 4.88. The Balaban J connectivity index is 0. The molecule has 0 aromatic carbocycles. The van der Waals surface area contributed by atoms with Gasteiger partial charge in [0.2, 0.25) is 0 Å². The second kappa shape index (κ2) is 53.9. The Kier molecular flexibility index (Phi) is 55.9. The monoisotopic (exact) mass is 777 g/mol. The Hall–Kier alpha value is -0.0800. The number of unbranched alkanes of at least 4 members (excludes halogenated alkanes) is 41. The van der Waals surface area contributed by atoms with Crippen molar-refractivity contribution in [2.24, 2.45) is 0 Å². The van der Waals surface area contributed by atoms with Crippen LogP contribution in [0.3, 0.4) is 0 Å². The van der Waals surface area contributed by atoms with Crippen LogP contribution in [0.15, 0.2) is 0 Å². The lowest BCUT2D eigenvalue weighted by Gasteiger charge is -2.16. The Morgan fingerprint density at radius 3 is 0.491 bits per heavy atom. The van der Waals surface area contributed by atoms with Crippen molar-refractivity contribution in [3.05, 3.63) is 0 Å². The molecule has 0 unspecified atom stereocenters. The summed E-state index contributed by atoms with van der Waals surface area (Å²) in [5.41, 5.74) is 0. The van der Waals surface area contributed by atoms with E-state index in [-0.39, 0.29) is 0 Å². The van der Waals surface area contributed by atoms with E-state index in [4.69, 9.17) is 0 Å².